The summed E-state index contributed by atoms with van der Waals surface area (Å²) in [7, 11) is 0. The van der Waals surface area contributed by atoms with Crippen LogP contribution in [0.2, 0.25) is 0 Å². The number of unbranched alkanes of at least 4 members (excludes halogenated alkanes) is 5. The number of aromatic nitrogens is 2. The van der Waals surface area contributed by atoms with Gasteiger partial charge in [0.05, 0.1) is 6.54 Å². The molecule has 0 fully saturated rings. The molecule has 31 heavy (non-hydrogen) atoms. The third-order valence-electron chi connectivity index (χ3n) is 6.31. The third kappa shape index (κ3) is 4.12. The number of rotatable bonds is 9. The number of fused-ring (bicyclic) bond motifs is 2. The number of hydrogen-bond donors (Lipinski definition) is 0. The van der Waals surface area contributed by atoms with Gasteiger partial charge in [-0.25, -0.2) is 9.13 Å². The van der Waals surface area contributed by atoms with Crippen LogP contribution in [0, 0.1) is 6.92 Å². The molecule has 2 aromatic carbocycles. The number of carbonyl (C=O) groups is 2. The predicted octanol–water partition coefficient (Wildman–Crippen LogP) is 5.27. The van der Waals surface area contributed by atoms with Gasteiger partial charge in [-0.3, -0.25) is 9.59 Å². The molecule has 0 radical (unpaired) electrons. The van der Waals surface area contributed by atoms with Crippen LogP contribution in [0.3, 0.4) is 0 Å². The zero-order valence-corrected chi connectivity index (χ0v) is 18.6. The summed E-state index contributed by atoms with van der Waals surface area (Å²) in [5, 5.41) is 0. The number of imidazole rings is 1. The predicted molar refractivity (Wildman–Crippen MR) is 122 cm³/mol. The molecule has 1 aromatic heterocycles. The van der Waals surface area contributed by atoms with Gasteiger partial charge >= 0.3 is 0 Å². The average molecular weight is 416 g/mol. The Balaban J connectivity index is 1.72. The van der Waals surface area contributed by atoms with Gasteiger partial charge in [-0.1, -0.05) is 87.2 Å². The van der Waals surface area contributed by atoms with Crippen LogP contribution in [-0.4, -0.2) is 16.1 Å². The van der Waals surface area contributed by atoms with E-state index in [4.69, 9.17) is 0 Å². The molecule has 0 N–H and O–H groups in total. The third-order valence-corrected chi connectivity index (χ3v) is 6.31. The van der Waals surface area contributed by atoms with Crippen molar-refractivity contribution in [1.82, 2.24) is 4.57 Å². The Bertz CT molecular complexity index is 1100. The molecule has 160 valence electrons. The number of benzene rings is 2. The highest BCUT2D eigenvalue weighted by molar-refractivity contribution is 6.26. The van der Waals surface area contributed by atoms with Crippen LogP contribution in [0.5, 0.6) is 0 Å². The van der Waals surface area contributed by atoms with Gasteiger partial charge in [0.1, 0.15) is 6.54 Å². The zero-order chi connectivity index (χ0) is 21.8. The second-order valence-electron chi connectivity index (χ2n) is 8.44. The van der Waals surface area contributed by atoms with E-state index in [1.54, 1.807) is 12.1 Å². The van der Waals surface area contributed by atoms with Gasteiger partial charge in [0.2, 0.25) is 23.0 Å². The highest BCUT2D eigenvalue weighted by atomic mass is 16.1. The van der Waals surface area contributed by atoms with E-state index in [9.17, 15) is 9.59 Å². The molecule has 1 aliphatic rings. The Hall–Kier alpha value is -3.01. The van der Waals surface area contributed by atoms with Gasteiger partial charge < -0.3 is 0 Å². The Kier molecular flexibility index (Phi) is 6.45. The minimum Gasteiger partial charge on any atom is -0.284 e. The van der Waals surface area contributed by atoms with Gasteiger partial charge in [-0.2, -0.15) is 0 Å². The molecule has 0 aliphatic heterocycles. The fourth-order valence-corrected chi connectivity index (χ4v) is 4.60. The fourth-order valence-electron chi connectivity index (χ4n) is 4.60. The molecule has 0 spiro atoms. The Morgan fingerprint density at radius 1 is 0.774 bits per heavy atom. The van der Waals surface area contributed by atoms with Crippen molar-refractivity contribution in [2.45, 2.75) is 65.5 Å². The highest BCUT2D eigenvalue weighted by Crippen LogP contribution is 2.27. The van der Waals surface area contributed by atoms with Crippen molar-refractivity contribution in [1.29, 1.82) is 0 Å². The second-order valence-corrected chi connectivity index (χ2v) is 8.44. The van der Waals surface area contributed by atoms with Crippen LogP contribution in [0.25, 0.3) is 0 Å². The minimum atomic E-state index is -0.0501. The van der Waals surface area contributed by atoms with Crippen molar-refractivity contribution < 1.29 is 14.2 Å². The van der Waals surface area contributed by atoms with Crippen LogP contribution in [-0.2, 0) is 13.1 Å². The van der Waals surface area contributed by atoms with E-state index in [2.05, 4.69) is 23.6 Å². The molecular weight excluding hydrogens is 384 g/mol. The first-order chi connectivity index (χ1) is 15.1. The van der Waals surface area contributed by atoms with Crippen LogP contribution < -0.4 is 4.57 Å². The summed E-state index contributed by atoms with van der Waals surface area (Å²) in [5.41, 5.74) is 3.25. The van der Waals surface area contributed by atoms with Crippen molar-refractivity contribution in [3.05, 3.63) is 88.5 Å². The average Bonchev–Trinajstić information content (AvgIpc) is 3.07. The van der Waals surface area contributed by atoms with Crippen LogP contribution in [0.15, 0.2) is 54.6 Å². The molecule has 4 nitrogen and oxygen atoms in total. The smallest absolute Gasteiger partial charge is 0.254 e. The maximum atomic E-state index is 13.5. The molecule has 0 atom stereocenters. The lowest BCUT2D eigenvalue weighted by atomic mass is 9.90. The van der Waals surface area contributed by atoms with E-state index in [0.717, 1.165) is 30.8 Å². The van der Waals surface area contributed by atoms with Crippen molar-refractivity contribution in [2.24, 2.45) is 0 Å². The van der Waals surface area contributed by atoms with E-state index < -0.39 is 0 Å². The lowest BCUT2D eigenvalue weighted by Crippen LogP contribution is -2.43. The van der Waals surface area contributed by atoms with Gasteiger partial charge in [0.25, 0.3) is 5.82 Å². The van der Waals surface area contributed by atoms with E-state index in [0.29, 0.717) is 29.1 Å². The quantitative estimate of drug-likeness (QED) is 0.276. The normalized spacial score (nSPS) is 12.7. The molecule has 0 unspecified atom stereocenters. The Labute approximate surface area is 184 Å². The monoisotopic (exact) mass is 415 g/mol. The molecular formula is C27H31N2O2+. The lowest BCUT2D eigenvalue weighted by Gasteiger charge is -2.13. The summed E-state index contributed by atoms with van der Waals surface area (Å²) in [4.78, 5) is 27.0. The maximum Gasteiger partial charge on any atom is 0.254 e. The van der Waals surface area contributed by atoms with Gasteiger partial charge in [0.15, 0.2) is 0 Å². The van der Waals surface area contributed by atoms with E-state index in [1.807, 2.05) is 41.8 Å². The zero-order valence-electron chi connectivity index (χ0n) is 18.6. The number of hydrogen-bond acceptors (Lipinski definition) is 2. The van der Waals surface area contributed by atoms with Crippen molar-refractivity contribution in [2.75, 3.05) is 0 Å². The molecule has 0 saturated heterocycles. The molecule has 4 heteroatoms. The Morgan fingerprint density at radius 2 is 1.39 bits per heavy atom. The second kappa shape index (κ2) is 9.42. The molecule has 4 rings (SSSR count). The summed E-state index contributed by atoms with van der Waals surface area (Å²) in [6.07, 6.45) is 7.15. The van der Waals surface area contributed by atoms with Crippen molar-refractivity contribution >= 4 is 11.6 Å². The Morgan fingerprint density at radius 3 is 2.10 bits per heavy atom. The van der Waals surface area contributed by atoms with E-state index >= 15 is 0 Å². The number of carbonyl (C=O) groups excluding carboxylic acids is 2. The lowest BCUT2D eigenvalue weighted by molar-refractivity contribution is -0.695. The van der Waals surface area contributed by atoms with Gasteiger partial charge in [-0.05, 0) is 18.4 Å². The summed E-state index contributed by atoms with van der Waals surface area (Å²) < 4.78 is 4.13. The molecule has 0 saturated carbocycles. The first-order valence-corrected chi connectivity index (χ1v) is 11.5. The van der Waals surface area contributed by atoms with Gasteiger partial charge in [0, 0.05) is 18.1 Å². The topological polar surface area (TPSA) is 43.0 Å². The van der Waals surface area contributed by atoms with Crippen LogP contribution in [0.4, 0.5) is 0 Å². The molecule has 1 aliphatic carbocycles. The van der Waals surface area contributed by atoms with Crippen molar-refractivity contribution in [3.63, 3.8) is 0 Å². The molecule has 1 heterocycles. The first kappa shape index (κ1) is 21.2. The highest BCUT2D eigenvalue weighted by Gasteiger charge is 2.42. The van der Waals surface area contributed by atoms with Crippen LogP contribution in [0.1, 0.15) is 88.9 Å². The van der Waals surface area contributed by atoms with E-state index in [1.165, 1.54) is 25.7 Å². The number of ketones is 2. The summed E-state index contributed by atoms with van der Waals surface area (Å²) in [6.45, 7) is 5.61. The largest absolute Gasteiger partial charge is 0.284 e. The van der Waals surface area contributed by atoms with Crippen LogP contribution >= 0.6 is 0 Å². The van der Waals surface area contributed by atoms with E-state index in [-0.39, 0.29) is 11.6 Å². The molecule has 0 amide bonds. The standard InChI is InChI=1S/C27H31N2O2/c1-3-4-5-6-7-13-18-28-20(2)29(19-21-14-9-8-10-15-21)25-24(28)26(30)22-16-11-12-17-23(22)27(25)31/h8-12,14-17H,3-7,13,18-19H2,1-2H3/q+1. The summed E-state index contributed by atoms with van der Waals surface area (Å²) in [6, 6.07) is 17.3. The minimum absolute atomic E-state index is 0.0360. The van der Waals surface area contributed by atoms with Gasteiger partial charge in [-0.15, -0.1) is 0 Å². The fraction of sp³-hybridized carbons (Fsp3) is 0.370. The first-order valence-electron chi connectivity index (χ1n) is 11.5. The molecule has 0 bridgehead atoms. The maximum absolute atomic E-state index is 13.5. The van der Waals surface area contributed by atoms with Crippen molar-refractivity contribution in [3.8, 4) is 0 Å². The summed E-state index contributed by atoms with van der Waals surface area (Å²) in [5.74, 6) is 0.883. The summed E-state index contributed by atoms with van der Waals surface area (Å²) >= 11 is 0. The number of nitrogens with zero attached hydrogens (tertiary/aromatic N) is 2. The SMILES string of the molecule is CCCCCCCCn1c2c([n+](Cc3ccccc3)c1C)C(=O)c1ccccc1C2=O. The molecule has 3 aromatic rings.